The lowest BCUT2D eigenvalue weighted by Crippen LogP contribution is -2.39. The van der Waals surface area contributed by atoms with Crippen LogP contribution in [0, 0.1) is 0 Å². The first-order chi connectivity index (χ1) is 9.34. The van der Waals surface area contributed by atoms with Crippen molar-refractivity contribution < 1.29 is 9.53 Å². The van der Waals surface area contributed by atoms with Gasteiger partial charge in [0, 0.05) is 28.2 Å². The number of nitrogens with one attached hydrogen (secondary N) is 1. The maximum Gasteiger partial charge on any atom is 0.263 e. The molecule has 0 saturated heterocycles. The van der Waals surface area contributed by atoms with Gasteiger partial charge in [0.2, 0.25) is 0 Å². The number of ether oxygens (including phenoxy) is 1. The number of hydrogen-bond donors (Lipinski definition) is 2. The van der Waals surface area contributed by atoms with E-state index in [9.17, 15) is 4.79 Å². The maximum atomic E-state index is 12.2. The van der Waals surface area contributed by atoms with E-state index in [-0.39, 0.29) is 5.91 Å². The highest BCUT2D eigenvalue weighted by atomic mass is 79.9. The van der Waals surface area contributed by atoms with Crippen molar-refractivity contribution in [1.29, 1.82) is 0 Å². The Kier molecular flexibility index (Phi) is 4.36. The fourth-order valence-electron chi connectivity index (χ4n) is 1.70. The molecular weight excluding hydrogens is 340 g/mol. The van der Waals surface area contributed by atoms with Crippen LogP contribution in [0.25, 0.3) is 10.1 Å². The number of fused-ring (bicyclic) bond motifs is 1. The SMILES string of the molecule is COC(C)(C)CNC(=O)c1sc2cc(Br)ccc2c1N. The van der Waals surface area contributed by atoms with Crippen LogP contribution >= 0.6 is 27.3 Å². The van der Waals surface area contributed by atoms with Gasteiger partial charge in [-0.15, -0.1) is 11.3 Å². The molecule has 0 atom stereocenters. The van der Waals surface area contributed by atoms with Gasteiger partial charge in [-0.3, -0.25) is 4.79 Å². The molecule has 1 aromatic carbocycles. The minimum Gasteiger partial charge on any atom is -0.397 e. The summed E-state index contributed by atoms with van der Waals surface area (Å²) in [6, 6.07) is 5.80. The number of rotatable bonds is 4. The van der Waals surface area contributed by atoms with Gasteiger partial charge in [-0.1, -0.05) is 22.0 Å². The Hall–Kier alpha value is -1.11. The number of thiophene rings is 1. The van der Waals surface area contributed by atoms with Crippen molar-refractivity contribution in [1.82, 2.24) is 5.32 Å². The number of benzene rings is 1. The van der Waals surface area contributed by atoms with Gasteiger partial charge in [0.25, 0.3) is 5.91 Å². The summed E-state index contributed by atoms with van der Waals surface area (Å²) in [5, 5.41) is 3.77. The number of carbonyl (C=O) groups excluding carboxylic acids is 1. The number of nitrogens with two attached hydrogens (primary N) is 1. The lowest BCUT2D eigenvalue weighted by atomic mass is 10.1. The van der Waals surface area contributed by atoms with Gasteiger partial charge in [0.05, 0.1) is 11.3 Å². The van der Waals surface area contributed by atoms with Gasteiger partial charge >= 0.3 is 0 Å². The molecule has 1 amide bonds. The molecule has 0 aliphatic rings. The molecule has 0 saturated carbocycles. The summed E-state index contributed by atoms with van der Waals surface area (Å²) in [7, 11) is 1.62. The van der Waals surface area contributed by atoms with E-state index in [2.05, 4.69) is 21.2 Å². The second kappa shape index (κ2) is 5.71. The molecule has 108 valence electrons. The number of anilines is 1. The summed E-state index contributed by atoms with van der Waals surface area (Å²) in [6.07, 6.45) is 0. The molecule has 6 heteroatoms. The summed E-state index contributed by atoms with van der Waals surface area (Å²) >= 11 is 4.81. The zero-order valence-corrected chi connectivity index (χ0v) is 14.0. The van der Waals surface area contributed by atoms with E-state index in [1.54, 1.807) is 7.11 Å². The molecule has 20 heavy (non-hydrogen) atoms. The third kappa shape index (κ3) is 3.13. The summed E-state index contributed by atoms with van der Waals surface area (Å²) in [6.45, 7) is 4.26. The summed E-state index contributed by atoms with van der Waals surface area (Å²) in [5.74, 6) is -0.162. The van der Waals surface area contributed by atoms with Crippen molar-refractivity contribution in [3.63, 3.8) is 0 Å². The molecule has 0 fully saturated rings. The molecule has 0 radical (unpaired) electrons. The van der Waals surface area contributed by atoms with Crippen molar-refractivity contribution in [2.45, 2.75) is 19.4 Å². The number of nitrogen functional groups attached to an aromatic ring is 1. The molecule has 0 unspecified atom stereocenters. The molecule has 4 nitrogen and oxygen atoms in total. The minimum absolute atomic E-state index is 0.162. The first-order valence-corrected chi connectivity index (χ1v) is 7.76. The van der Waals surface area contributed by atoms with E-state index < -0.39 is 5.60 Å². The number of carbonyl (C=O) groups is 1. The molecule has 1 aromatic heterocycles. The second-order valence-corrected chi connectivity index (χ2v) is 7.10. The van der Waals surface area contributed by atoms with Gasteiger partial charge in [-0.25, -0.2) is 0 Å². The highest BCUT2D eigenvalue weighted by Crippen LogP contribution is 2.35. The second-order valence-electron chi connectivity index (χ2n) is 5.13. The first-order valence-electron chi connectivity index (χ1n) is 6.15. The molecular formula is C14H17BrN2O2S. The molecule has 3 N–H and O–H groups in total. The largest absolute Gasteiger partial charge is 0.397 e. The Morgan fingerprint density at radius 1 is 1.50 bits per heavy atom. The minimum atomic E-state index is -0.399. The third-order valence-corrected chi connectivity index (χ3v) is 4.78. The van der Waals surface area contributed by atoms with Crippen molar-refractivity contribution in [2.75, 3.05) is 19.4 Å². The smallest absolute Gasteiger partial charge is 0.263 e. The standard InChI is InChI=1S/C14H17BrN2O2S/c1-14(2,19-3)7-17-13(18)12-11(16)9-5-4-8(15)6-10(9)20-12/h4-6H,7,16H2,1-3H3,(H,17,18). The molecule has 2 rings (SSSR count). The Morgan fingerprint density at radius 3 is 2.85 bits per heavy atom. The fraction of sp³-hybridized carbons (Fsp3) is 0.357. The van der Waals surface area contributed by atoms with Crippen molar-refractivity contribution in [3.05, 3.63) is 27.5 Å². The van der Waals surface area contributed by atoms with Gasteiger partial charge in [-0.2, -0.15) is 0 Å². The zero-order chi connectivity index (χ0) is 14.9. The molecule has 0 aliphatic carbocycles. The van der Waals surface area contributed by atoms with Crippen molar-refractivity contribution in [3.8, 4) is 0 Å². The predicted molar refractivity (Wildman–Crippen MR) is 87.4 cm³/mol. The van der Waals surface area contributed by atoms with E-state index in [4.69, 9.17) is 10.5 Å². The third-order valence-electron chi connectivity index (χ3n) is 3.12. The quantitative estimate of drug-likeness (QED) is 0.882. The van der Waals surface area contributed by atoms with Gasteiger partial charge in [0.1, 0.15) is 4.88 Å². The summed E-state index contributed by atoms with van der Waals surface area (Å²) in [4.78, 5) is 12.8. The number of halogens is 1. The fourth-order valence-corrected chi connectivity index (χ4v) is 3.30. The van der Waals surface area contributed by atoms with Crippen LogP contribution in [0.2, 0.25) is 0 Å². The summed E-state index contributed by atoms with van der Waals surface area (Å²) < 4.78 is 7.24. The van der Waals surface area contributed by atoms with Gasteiger partial charge < -0.3 is 15.8 Å². The maximum absolute atomic E-state index is 12.2. The van der Waals surface area contributed by atoms with Crippen LogP contribution in [0.3, 0.4) is 0 Å². The van der Waals surface area contributed by atoms with Crippen LogP contribution in [0.5, 0.6) is 0 Å². The Balaban J connectivity index is 2.24. The number of methoxy groups -OCH3 is 1. The lowest BCUT2D eigenvalue weighted by molar-refractivity contribution is 0.0229. The van der Waals surface area contributed by atoms with Crippen LogP contribution < -0.4 is 11.1 Å². The van der Waals surface area contributed by atoms with E-state index in [0.29, 0.717) is 17.1 Å². The van der Waals surface area contributed by atoms with Crippen LogP contribution in [-0.4, -0.2) is 25.2 Å². The number of amides is 1. The Labute approximate surface area is 130 Å². The van der Waals surface area contributed by atoms with Crippen molar-refractivity contribution >= 4 is 48.9 Å². The van der Waals surface area contributed by atoms with Gasteiger partial charge in [-0.05, 0) is 26.0 Å². The predicted octanol–water partition coefficient (Wildman–Crippen LogP) is 3.40. The Morgan fingerprint density at radius 2 is 2.20 bits per heavy atom. The molecule has 2 aromatic rings. The van der Waals surface area contributed by atoms with E-state index >= 15 is 0 Å². The van der Waals surface area contributed by atoms with Crippen LogP contribution in [0.4, 0.5) is 5.69 Å². The van der Waals surface area contributed by atoms with Gasteiger partial charge in [0.15, 0.2) is 0 Å². The monoisotopic (exact) mass is 356 g/mol. The topological polar surface area (TPSA) is 64.3 Å². The van der Waals surface area contributed by atoms with Crippen LogP contribution in [0.1, 0.15) is 23.5 Å². The zero-order valence-electron chi connectivity index (χ0n) is 11.6. The van der Waals surface area contributed by atoms with Crippen LogP contribution in [-0.2, 0) is 4.74 Å². The Bertz CT molecular complexity index is 652. The average Bonchev–Trinajstić information content (AvgIpc) is 2.73. The van der Waals surface area contributed by atoms with E-state index in [1.807, 2.05) is 32.0 Å². The van der Waals surface area contributed by atoms with Crippen LogP contribution in [0.15, 0.2) is 22.7 Å². The molecule has 0 spiro atoms. The highest BCUT2D eigenvalue weighted by Gasteiger charge is 2.21. The van der Waals surface area contributed by atoms with E-state index in [1.165, 1.54) is 11.3 Å². The van der Waals surface area contributed by atoms with Crippen molar-refractivity contribution in [2.24, 2.45) is 0 Å². The lowest BCUT2D eigenvalue weighted by Gasteiger charge is -2.22. The molecule has 0 bridgehead atoms. The average molecular weight is 357 g/mol. The summed E-state index contributed by atoms with van der Waals surface area (Å²) in [5.41, 5.74) is 6.20. The first kappa shape index (κ1) is 15.3. The normalized spacial score (nSPS) is 11.8. The molecule has 0 aliphatic heterocycles. The number of hydrogen-bond acceptors (Lipinski definition) is 4. The highest BCUT2D eigenvalue weighted by molar-refractivity contribution is 9.10. The van der Waals surface area contributed by atoms with E-state index in [0.717, 1.165) is 14.6 Å². The molecule has 1 heterocycles.